The summed E-state index contributed by atoms with van der Waals surface area (Å²) >= 11 is 1.50. The average molecular weight is 419 g/mol. The van der Waals surface area contributed by atoms with E-state index < -0.39 is 48.4 Å². The van der Waals surface area contributed by atoms with Crippen LogP contribution in [0.3, 0.4) is 0 Å². The van der Waals surface area contributed by atoms with E-state index in [1.807, 2.05) is 20.1 Å². The molecule has 0 fully saturated rings. The first kappa shape index (κ1) is 26.2. The van der Waals surface area contributed by atoms with Crippen LogP contribution in [0.1, 0.15) is 40.5 Å². The number of carbonyl (C=O) groups excluding carboxylic acids is 3. The number of thioether (sulfide) groups is 1. The van der Waals surface area contributed by atoms with E-state index in [0.29, 0.717) is 18.6 Å². The van der Waals surface area contributed by atoms with Crippen molar-refractivity contribution in [1.29, 1.82) is 0 Å². The van der Waals surface area contributed by atoms with Crippen molar-refractivity contribution in [2.24, 2.45) is 17.6 Å². The maximum absolute atomic E-state index is 12.7. The summed E-state index contributed by atoms with van der Waals surface area (Å²) in [4.78, 5) is 47.9. The number of carboxylic acids is 1. The molecule has 0 aliphatic rings. The zero-order chi connectivity index (χ0) is 21.9. The summed E-state index contributed by atoms with van der Waals surface area (Å²) in [5.41, 5.74) is 5.88. The van der Waals surface area contributed by atoms with Crippen molar-refractivity contribution in [2.45, 2.75) is 58.7 Å². The third-order valence-electron chi connectivity index (χ3n) is 3.97. The molecule has 3 atom stereocenters. The van der Waals surface area contributed by atoms with Gasteiger partial charge in [-0.2, -0.15) is 11.8 Å². The lowest BCUT2D eigenvalue weighted by Crippen LogP contribution is -2.57. The van der Waals surface area contributed by atoms with E-state index in [1.165, 1.54) is 11.8 Å². The number of amides is 3. The second-order valence-corrected chi connectivity index (χ2v) is 8.41. The van der Waals surface area contributed by atoms with E-state index >= 15 is 0 Å². The molecule has 0 heterocycles. The van der Waals surface area contributed by atoms with Gasteiger partial charge in [-0.1, -0.05) is 27.7 Å². The second-order valence-electron chi connectivity index (χ2n) is 7.42. The third kappa shape index (κ3) is 10.5. The molecule has 3 unspecified atom stereocenters. The molecule has 0 radical (unpaired) electrons. The molecule has 0 bridgehead atoms. The maximum atomic E-state index is 12.7. The van der Waals surface area contributed by atoms with Crippen molar-refractivity contribution in [3.8, 4) is 0 Å². The normalized spacial score (nSPS) is 14.3. The summed E-state index contributed by atoms with van der Waals surface area (Å²) < 4.78 is 0. The fourth-order valence-electron chi connectivity index (χ4n) is 2.46. The molecule has 0 aromatic rings. The van der Waals surface area contributed by atoms with Gasteiger partial charge in [0.1, 0.15) is 18.6 Å². The van der Waals surface area contributed by atoms with Crippen LogP contribution in [0.2, 0.25) is 0 Å². The minimum absolute atomic E-state index is 0.224. The first-order chi connectivity index (χ1) is 13.0. The van der Waals surface area contributed by atoms with Crippen molar-refractivity contribution >= 4 is 35.5 Å². The zero-order valence-electron chi connectivity index (χ0n) is 17.3. The highest BCUT2D eigenvalue weighted by Gasteiger charge is 2.30. The van der Waals surface area contributed by atoms with Gasteiger partial charge >= 0.3 is 5.97 Å². The van der Waals surface area contributed by atoms with E-state index in [9.17, 15) is 19.2 Å². The molecule has 0 aliphatic carbocycles. The smallest absolute Gasteiger partial charge is 0.322 e. The van der Waals surface area contributed by atoms with Crippen molar-refractivity contribution in [3.63, 3.8) is 0 Å². The molecule has 6 N–H and O–H groups in total. The highest BCUT2D eigenvalue weighted by atomic mass is 32.2. The van der Waals surface area contributed by atoms with Gasteiger partial charge in [0, 0.05) is 0 Å². The van der Waals surface area contributed by atoms with Gasteiger partial charge in [0.15, 0.2) is 0 Å². The lowest BCUT2D eigenvalue weighted by Gasteiger charge is -2.26. The van der Waals surface area contributed by atoms with Crippen LogP contribution in [0.5, 0.6) is 0 Å². The predicted octanol–water partition coefficient (Wildman–Crippen LogP) is -0.0607. The van der Waals surface area contributed by atoms with Gasteiger partial charge in [-0.25, -0.2) is 0 Å². The van der Waals surface area contributed by atoms with Crippen LogP contribution in [0.4, 0.5) is 0 Å². The Balaban J connectivity index is 5.09. The highest BCUT2D eigenvalue weighted by molar-refractivity contribution is 7.98. The lowest BCUT2D eigenvalue weighted by atomic mass is 10.00. The number of carboxylic acid groups (broad SMARTS) is 1. The van der Waals surface area contributed by atoms with Gasteiger partial charge in [0.25, 0.3) is 0 Å². The quantitative estimate of drug-likeness (QED) is 0.281. The number of carbonyl (C=O) groups is 4. The second kappa shape index (κ2) is 13.4. The summed E-state index contributed by atoms with van der Waals surface area (Å²) in [5, 5.41) is 16.3. The maximum Gasteiger partial charge on any atom is 0.322 e. The summed E-state index contributed by atoms with van der Waals surface area (Å²) in [6, 6.07) is -2.46. The highest BCUT2D eigenvalue weighted by Crippen LogP contribution is 2.08. The molecule has 0 saturated heterocycles. The summed E-state index contributed by atoms with van der Waals surface area (Å²) in [5.74, 6) is -2.05. The molecular weight excluding hydrogens is 384 g/mol. The molecule has 28 heavy (non-hydrogen) atoms. The fourth-order valence-corrected chi connectivity index (χ4v) is 2.93. The first-order valence-electron chi connectivity index (χ1n) is 9.34. The Hall–Kier alpha value is -1.81. The van der Waals surface area contributed by atoms with Crippen molar-refractivity contribution in [1.82, 2.24) is 16.0 Å². The molecule has 162 valence electrons. The van der Waals surface area contributed by atoms with Gasteiger partial charge in [-0.05, 0) is 36.7 Å². The van der Waals surface area contributed by atoms with E-state index in [2.05, 4.69) is 16.0 Å². The van der Waals surface area contributed by atoms with Crippen LogP contribution in [0.15, 0.2) is 0 Å². The Kier molecular flexibility index (Phi) is 12.5. The lowest BCUT2D eigenvalue weighted by molar-refractivity contribution is -0.138. The van der Waals surface area contributed by atoms with Crippen LogP contribution in [0, 0.1) is 11.8 Å². The molecule has 0 aromatic heterocycles. The van der Waals surface area contributed by atoms with Crippen LogP contribution in [0.25, 0.3) is 0 Å². The Morgan fingerprint density at radius 1 is 1.00 bits per heavy atom. The van der Waals surface area contributed by atoms with Crippen LogP contribution in [-0.4, -0.2) is 65.5 Å². The fraction of sp³-hybridized carbons (Fsp3) is 0.778. The SMILES string of the molecule is CSCCC(NC(=O)C(NC(=O)C(N)CC(C)C)C(C)C)C(=O)NCC(=O)O. The average Bonchev–Trinajstić information content (AvgIpc) is 2.59. The van der Waals surface area contributed by atoms with Crippen molar-refractivity contribution in [3.05, 3.63) is 0 Å². The Morgan fingerprint density at radius 3 is 2.07 bits per heavy atom. The molecule has 9 nitrogen and oxygen atoms in total. The number of nitrogens with two attached hydrogens (primary N) is 1. The summed E-state index contributed by atoms with van der Waals surface area (Å²) in [6.45, 7) is 6.93. The molecule has 3 amide bonds. The van der Waals surface area contributed by atoms with Gasteiger partial charge in [0.2, 0.25) is 17.7 Å². The number of rotatable bonds is 13. The Labute approximate surface area is 170 Å². The Bertz CT molecular complexity index is 542. The van der Waals surface area contributed by atoms with Crippen LogP contribution in [-0.2, 0) is 19.2 Å². The zero-order valence-corrected chi connectivity index (χ0v) is 18.1. The van der Waals surface area contributed by atoms with Crippen LogP contribution >= 0.6 is 11.8 Å². The van der Waals surface area contributed by atoms with Crippen molar-refractivity contribution < 1.29 is 24.3 Å². The van der Waals surface area contributed by atoms with E-state index in [0.717, 1.165) is 0 Å². The molecule has 0 aromatic carbocycles. The topological polar surface area (TPSA) is 151 Å². The number of nitrogens with one attached hydrogen (secondary N) is 3. The monoisotopic (exact) mass is 418 g/mol. The van der Waals surface area contributed by atoms with Gasteiger partial charge in [-0.3, -0.25) is 19.2 Å². The predicted molar refractivity (Wildman–Crippen MR) is 110 cm³/mol. The van der Waals surface area contributed by atoms with Gasteiger partial charge in [-0.15, -0.1) is 0 Å². The minimum Gasteiger partial charge on any atom is -0.480 e. The molecule has 10 heteroatoms. The van der Waals surface area contributed by atoms with E-state index in [-0.39, 0.29) is 11.8 Å². The molecular formula is C18H34N4O5S. The molecule has 0 aliphatic heterocycles. The first-order valence-corrected chi connectivity index (χ1v) is 10.7. The minimum atomic E-state index is -1.17. The van der Waals surface area contributed by atoms with Crippen LogP contribution < -0.4 is 21.7 Å². The van der Waals surface area contributed by atoms with Gasteiger partial charge in [0.05, 0.1) is 6.04 Å². The Morgan fingerprint density at radius 2 is 1.61 bits per heavy atom. The number of hydrogen-bond donors (Lipinski definition) is 5. The van der Waals surface area contributed by atoms with E-state index in [4.69, 9.17) is 10.8 Å². The van der Waals surface area contributed by atoms with E-state index in [1.54, 1.807) is 13.8 Å². The third-order valence-corrected chi connectivity index (χ3v) is 4.61. The molecule has 0 rings (SSSR count). The number of aliphatic carboxylic acids is 1. The molecule has 0 saturated carbocycles. The van der Waals surface area contributed by atoms with Gasteiger partial charge < -0.3 is 26.8 Å². The van der Waals surface area contributed by atoms with Crippen molar-refractivity contribution in [2.75, 3.05) is 18.6 Å². The standard InChI is InChI=1S/C18H34N4O5S/c1-10(2)8-12(19)16(25)22-15(11(3)4)18(27)21-13(6-7-28-5)17(26)20-9-14(23)24/h10-13,15H,6-9,19H2,1-5H3,(H,20,26)(H,21,27)(H,22,25)(H,23,24). The summed E-state index contributed by atoms with van der Waals surface area (Å²) in [7, 11) is 0. The number of hydrogen-bond acceptors (Lipinski definition) is 6. The largest absolute Gasteiger partial charge is 0.480 e. The molecule has 0 spiro atoms. The summed E-state index contributed by atoms with van der Waals surface area (Å²) in [6.07, 6.45) is 2.69.